The van der Waals surface area contributed by atoms with Crippen LogP contribution in [0.1, 0.15) is 18.2 Å². The normalized spacial score (nSPS) is 14.7. The van der Waals surface area contributed by atoms with Gasteiger partial charge >= 0.3 is 0 Å². The molecule has 0 spiro atoms. The minimum absolute atomic E-state index is 0.272. The highest BCUT2D eigenvalue weighted by atomic mass is 35.5. The van der Waals surface area contributed by atoms with Gasteiger partial charge in [0, 0.05) is 42.0 Å². The number of ether oxygens (including phenoxy) is 1. The number of aryl methyl sites for hydroxylation is 1. The Morgan fingerprint density at radius 1 is 1.29 bits per heavy atom. The van der Waals surface area contributed by atoms with Gasteiger partial charge in [-0.3, -0.25) is 0 Å². The minimum atomic E-state index is -0.326. The predicted molar refractivity (Wildman–Crippen MR) is 93.2 cm³/mol. The molecule has 0 atom stereocenters. The molecule has 0 aliphatic carbocycles. The van der Waals surface area contributed by atoms with Crippen molar-refractivity contribution in [3.05, 3.63) is 46.4 Å². The first-order valence-corrected chi connectivity index (χ1v) is 8.42. The molecule has 7 heteroatoms. The van der Waals surface area contributed by atoms with Crippen LogP contribution >= 0.6 is 11.6 Å². The highest BCUT2D eigenvalue weighted by Gasteiger charge is 2.16. The molecule has 0 unspecified atom stereocenters. The summed E-state index contributed by atoms with van der Waals surface area (Å²) < 4.78 is 19.3. The molecular formula is C17H20ClFN4O. The number of rotatable bonds is 5. The van der Waals surface area contributed by atoms with E-state index in [1.807, 2.05) is 13.0 Å². The molecule has 2 aromatic rings. The number of hydrogen-bond acceptors (Lipinski definition) is 5. The van der Waals surface area contributed by atoms with Gasteiger partial charge in [-0.15, -0.1) is 0 Å². The summed E-state index contributed by atoms with van der Waals surface area (Å²) in [6, 6.07) is 6.56. The lowest BCUT2D eigenvalue weighted by Gasteiger charge is -2.27. The zero-order valence-electron chi connectivity index (χ0n) is 13.6. The quantitative estimate of drug-likeness (QED) is 0.896. The highest BCUT2D eigenvalue weighted by molar-refractivity contribution is 6.31. The first kappa shape index (κ1) is 16.9. The van der Waals surface area contributed by atoms with Crippen LogP contribution in [0.15, 0.2) is 24.3 Å². The van der Waals surface area contributed by atoms with Crippen molar-refractivity contribution in [3.63, 3.8) is 0 Å². The Balaban J connectivity index is 1.79. The fraction of sp³-hybridized carbons (Fsp3) is 0.412. The van der Waals surface area contributed by atoms with Gasteiger partial charge in [0.15, 0.2) is 0 Å². The molecule has 1 aromatic carbocycles. The molecule has 24 heavy (non-hydrogen) atoms. The van der Waals surface area contributed by atoms with Gasteiger partial charge in [0.25, 0.3) is 0 Å². The van der Waals surface area contributed by atoms with Gasteiger partial charge in [-0.05, 0) is 18.6 Å². The van der Waals surface area contributed by atoms with Crippen LogP contribution in [0.2, 0.25) is 5.02 Å². The number of hydrogen-bond donors (Lipinski definition) is 1. The Morgan fingerprint density at radius 2 is 2.08 bits per heavy atom. The van der Waals surface area contributed by atoms with E-state index in [0.29, 0.717) is 35.6 Å². The van der Waals surface area contributed by atoms with Gasteiger partial charge in [-0.25, -0.2) is 9.37 Å². The Bertz CT molecular complexity index is 687. The molecule has 1 fully saturated rings. The van der Waals surface area contributed by atoms with E-state index in [-0.39, 0.29) is 12.4 Å². The van der Waals surface area contributed by atoms with Crippen LogP contribution < -0.4 is 10.2 Å². The lowest BCUT2D eigenvalue weighted by atomic mass is 10.2. The van der Waals surface area contributed by atoms with E-state index in [0.717, 1.165) is 25.2 Å². The maximum absolute atomic E-state index is 13.9. The van der Waals surface area contributed by atoms with Crippen molar-refractivity contribution in [2.75, 3.05) is 36.5 Å². The summed E-state index contributed by atoms with van der Waals surface area (Å²) >= 11 is 6.07. The van der Waals surface area contributed by atoms with Gasteiger partial charge in [0.1, 0.15) is 11.6 Å². The monoisotopic (exact) mass is 350 g/mol. The molecule has 5 nitrogen and oxygen atoms in total. The fourth-order valence-corrected chi connectivity index (χ4v) is 2.77. The number of morpholine rings is 1. The number of halogens is 2. The number of nitrogens with zero attached hydrogens (tertiary/aromatic N) is 3. The summed E-state index contributed by atoms with van der Waals surface area (Å²) in [5.74, 6) is 1.02. The third kappa shape index (κ3) is 3.94. The molecule has 1 aromatic heterocycles. The number of benzene rings is 1. The number of anilines is 2. The molecule has 2 heterocycles. The molecule has 0 amide bonds. The van der Waals surface area contributed by atoms with Crippen LogP contribution in [-0.2, 0) is 17.7 Å². The van der Waals surface area contributed by atoms with E-state index in [1.165, 1.54) is 6.07 Å². The molecule has 3 rings (SSSR count). The van der Waals surface area contributed by atoms with E-state index in [2.05, 4.69) is 20.2 Å². The Labute approximate surface area is 145 Å². The van der Waals surface area contributed by atoms with Crippen molar-refractivity contribution < 1.29 is 9.13 Å². The zero-order chi connectivity index (χ0) is 16.9. The van der Waals surface area contributed by atoms with Crippen molar-refractivity contribution in [1.82, 2.24) is 9.97 Å². The zero-order valence-corrected chi connectivity index (χ0v) is 14.3. The topological polar surface area (TPSA) is 50.3 Å². The summed E-state index contributed by atoms with van der Waals surface area (Å²) in [6.45, 7) is 5.20. The maximum Gasteiger partial charge on any atom is 0.227 e. The van der Waals surface area contributed by atoms with Crippen molar-refractivity contribution >= 4 is 23.4 Å². The van der Waals surface area contributed by atoms with Crippen LogP contribution in [0.5, 0.6) is 0 Å². The highest BCUT2D eigenvalue weighted by Crippen LogP contribution is 2.21. The third-order valence-electron chi connectivity index (χ3n) is 3.93. The van der Waals surface area contributed by atoms with E-state index in [1.54, 1.807) is 12.1 Å². The predicted octanol–water partition coefficient (Wildman–Crippen LogP) is 3.28. The fourth-order valence-electron chi connectivity index (χ4n) is 2.54. The third-order valence-corrected chi connectivity index (χ3v) is 4.29. The van der Waals surface area contributed by atoms with Crippen LogP contribution in [0, 0.1) is 5.82 Å². The van der Waals surface area contributed by atoms with Crippen LogP contribution in [0.25, 0.3) is 0 Å². The molecule has 0 radical (unpaired) electrons. The summed E-state index contributed by atoms with van der Waals surface area (Å²) in [5, 5.41) is 3.57. The molecule has 1 saturated heterocycles. The van der Waals surface area contributed by atoms with Gasteiger partial charge in [-0.2, -0.15) is 4.98 Å². The first-order valence-electron chi connectivity index (χ1n) is 8.04. The second-order valence-electron chi connectivity index (χ2n) is 5.55. The largest absolute Gasteiger partial charge is 0.378 e. The second kappa shape index (κ2) is 7.77. The Hall–Kier alpha value is -1.92. The molecule has 1 aliphatic heterocycles. The molecule has 0 saturated carbocycles. The summed E-state index contributed by atoms with van der Waals surface area (Å²) in [5.41, 5.74) is 1.37. The summed E-state index contributed by atoms with van der Waals surface area (Å²) in [4.78, 5) is 11.2. The van der Waals surface area contributed by atoms with Crippen LogP contribution in [0.4, 0.5) is 16.2 Å². The van der Waals surface area contributed by atoms with Crippen LogP contribution in [0.3, 0.4) is 0 Å². The molecular weight excluding hydrogens is 331 g/mol. The second-order valence-corrected chi connectivity index (χ2v) is 5.96. The van der Waals surface area contributed by atoms with E-state index >= 15 is 0 Å². The Kier molecular flexibility index (Phi) is 5.48. The SMILES string of the molecule is CCc1cc(NCc2c(F)cccc2Cl)nc(N2CCOCC2)n1. The first-order chi connectivity index (χ1) is 11.7. The Morgan fingerprint density at radius 3 is 2.79 bits per heavy atom. The number of aromatic nitrogens is 2. The van der Waals surface area contributed by atoms with E-state index < -0.39 is 0 Å². The van der Waals surface area contributed by atoms with Gasteiger partial charge in [0.05, 0.1) is 13.2 Å². The lowest BCUT2D eigenvalue weighted by molar-refractivity contribution is 0.122. The van der Waals surface area contributed by atoms with E-state index in [9.17, 15) is 4.39 Å². The standard InChI is InChI=1S/C17H20ClFN4O/c1-2-12-10-16(20-11-13-14(18)4-3-5-15(13)19)22-17(21-12)23-6-8-24-9-7-23/h3-5,10H,2,6-9,11H2,1H3,(H,20,21,22). The minimum Gasteiger partial charge on any atom is -0.378 e. The summed E-state index contributed by atoms with van der Waals surface area (Å²) in [7, 11) is 0. The maximum atomic E-state index is 13.9. The van der Waals surface area contributed by atoms with Crippen LogP contribution in [-0.4, -0.2) is 36.3 Å². The average Bonchev–Trinajstić information content (AvgIpc) is 2.62. The van der Waals surface area contributed by atoms with Gasteiger partial charge in [0.2, 0.25) is 5.95 Å². The van der Waals surface area contributed by atoms with Crippen molar-refractivity contribution in [1.29, 1.82) is 0 Å². The molecule has 0 bridgehead atoms. The average molecular weight is 351 g/mol. The van der Waals surface area contributed by atoms with Crippen molar-refractivity contribution in [2.45, 2.75) is 19.9 Å². The summed E-state index contributed by atoms with van der Waals surface area (Å²) in [6.07, 6.45) is 0.801. The smallest absolute Gasteiger partial charge is 0.227 e. The van der Waals surface area contributed by atoms with Gasteiger partial charge < -0.3 is 15.0 Å². The van der Waals surface area contributed by atoms with Crippen molar-refractivity contribution in [2.24, 2.45) is 0 Å². The number of nitrogens with one attached hydrogen (secondary N) is 1. The molecule has 1 aliphatic rings. The van der Waals surface area contributed by atoms with Gasteiger partial charge in [-0.1, -0.05) is 24.6 Å². The lowest BCUT2D eigenvalue weighted by Crippen LogP contribution is -2.37. The molecule has 1 N–H and O–H groups in total. The van der Waals surface area contributed by atoms with Crippen molar-refractivity contribution in [3.8, 4) is 0 Å². The van der Waals surface area contributed by atoms with E-state index in [4.69, 9.17) is 16.3 Å². The molecule has 128 valence electrons.